The van der Waals surface area contributed by atoms with Crippen LogP contribution in [0.15, 0.2) is 78.4 Å². The minimum atomic E-state index is -0.885. The van der Waals surface area contributed by atoms with Crippen LogP contribution in [0, 0.1) is 17.0 Å². The van der Waals surface area contributed by atoms with E-state index in [2.05, 4.69) is 0 Å². The average Bonchev–Trinajstić information content (AvgIpc) is 3.16. The summed E-state index contributed by atoms with van der Waals surface area (Å²) in [5, 5.41) is 22.5. The molecule has 9 nitrogen and oxygen atoms in total. The van der Waals surface area contributed by atoms with Crippen LogP contribution in [0.5, 0.6) is 5.75 Å². The average molecular weight is 516 g/mol. The third kappa shape index (κ3) is 5.57. The third-order valence-electron chi connectivity index (χ3n) is 6.45. The number of carbonyl (C=O) groups excluding carboxylic acids is 2. The molecule has 1 N–H and O–H groups in total. The zero-order chi connectivity index (χ0) is 27.4. The summed E-state index contributed by atoms with van der Waals surface area (Å²) in [6, 6.07) is 19.6. The van der Waals surface area contributed by atoms with Gasteiger partial charge in [0.15, 0.2) is 0 Å². The van der Waals surface area contributed by atoms with E-state index in [0.29, 0.717) is 35.6 Å². The summed E-state index contributed by atoms with van der Waals surface area (Å²) in [5.74, 6) is -1.22. The van der Waals surface area contributed by atoms with Gasteiger partial charge in [-0.3, -0.25) is 19.7 Å². The van der Waals surface area contributed by atoms with E-state index < -0.39 is 22.7 Å². The van der Waals surface area contributed by atoms with Crippen molar-refractivity contribution in [1.82, 2.24) is 9.80 Å². The van der Waals surface area contributed by atoms with Gasteiger partial charge in [-0.1, -0.05) is 30.3 Å². The number of amides is 1. The monoisotopic (exact) mass is 515 g/mol. The zero-order valence-corrected chi connectivity index (χ0v) is 21.5. The zero-order valence-electron chi connectivity index (χ0n) is 21.5. The van der Waals surface area contributed by atoms with E-state index >= 15 is 0 Å². The topological polar surface area (TPSA) is 113 Å². The van der Waals surface area contributed by atoms with Crippen LogP contribution in [0.3, 0.4) is 0 Å². The molecule has 3 aromatic rings. The molecule has 196 valence electrons. The maximum absolute atomic E-state index is 13.2. The van der Waals surface area contributed by atoms with Crippen LogP contribution >= 0.6 is 0 Å². The number of aliphatic hydroxyl groups is 1. The molecule has 1 fully saturated rings. The summed E-state index contributed by atoms with van der Waals surface area (Å²) in [6.45, 7) is 2.89. The number of rotatable bonds is 9. The number of aliphatic hydroxyl groups excluding tert-OH is 1. The van der Waals surface area contributed by atoms with Crippen LogP contribution < -0.4 is 4.74 Å². The Kier molecular flexibility index (Phi) is 7.87. The van der Waals surface area contributed by atoms with Gasteiger partial charge in [-0.2, -0.15) is 0 Å². The van der Waals surface area contributed by atoms with Crippen molar-refractivity contribution in [3.05, 3.63) is 111 Å². The number of hydrogen-bond acceptors (Lipinski definition) is 7. The minimum absolute atomic E-state index is 0.0522. The highest BCUT2D eigenvalue weighted by Crippen LogP contribution is 2.40. The first-order valence-electron chi connectivity index (χ1n) is 12.1. The Balaban J connectivity index is 1.71. The second kappa shape index (κ2) is 11.3. The molecule has 1 amide bonds. The maximum atomic E-state index is 13.2. The van der Waals surface area contributed by atoms with Gasteiger partial charge in [-0.15, -0.1) is 0 Å². The van der Waals surface area contributed by atoms with E-state index in [1.54, 1.807) is 25.1 Å². The number of nitro groups is 1. The number of non-ortho nitro benzene ring substituents is 1. The predicted octanol–water partition coefficient (Wildman–Crippen LogP) is 4.47. The number of ether oxygens (including phenoxy) is 1. The van der Waals surface area contributed by atoms with E-state index in [0.717, 1.165) is 5.56 Å². The molecule has 0 unspecified atom stereocenters. The van der Waals surface area contributed by atoms with E-state index in [4.69, 9.17) is 4.74 Å². The van der Waals surface area contributed by atoms with Crippen molar-refractivity contribution >= 4 is 23.1 Å². The molecular weight excluding hydrogens is 486 g/mol. The number of carbonyl (C=O) groups is 2. The summed E-state index contributed by atoms with van der Waals surface area (Å²) in [4.78, 5) is 40.2. The molecule has 1 aliphatic heterocycles. The number of aryl methyl sites for hydroxylation is 1. The molecule has 0 aliphatic carbocycles. The standard InChI is InChI=1S/C29H29N3O6/c1-19-17-23(38-18-20-7-5-4-6-8-20)13-14-24(19)27(33)25-26(21-9-11-22(12-10-21)32(36)37)31(16-15-30(2)3)29(35)28(25)34/h4-14,17,26,33H,15-16,18H2,1-3H3/t26-/m0/s1. The number of ketones is 1. The Labute approximate surface area is 220 Å². The predicted molar refractivity (Wildman–Crippen MR) is 143 cm³/mol. The molecule has 38 heavy (non-hydrogen) atoms. The van der Waals surface area contributed by atoms with Gasteiger partial charge in [0.2, 0.25) is 0 Å². The summed E-state index contributed by atoms with van der Waals surface area (Å²) < 4.78 is 5.88. The number of nitro benzene ring substituents is 1. The molecule has 3 aromatic carbocycles. The van der Waals surface area contributed by atoms with Gasteiger partial charge in [0.25, 0.3) is 17.4 Å². The summed E-state index contributed by atoms with van der Waals surface area (Å²) >= 11 is 0. The lowest BCUT2D eigenvalue weighted by Crippen LogP contribution is -2.35. The fourth-order valence-corrected chi connectivity index (χ4v) is 4.42. The molecule has 0 bridgehead atoms. The maximum Gasteiger partial charge on any atom is 0.295 e. The molecule has 1 heterocycles. The largest absolute Gasteiger partial charge is 0.507 e. The Morgan fingerprint density at radius 2 is 1.74 bits per heavy atom. The summed E-state index contributed by atoms with van der Waals surface area (Å²) in [5.41, 5.74) is 2.41. The normalized spacial score (nSPS) is 16.7. The molecular formula is C29H29N3O6. The van der Waals surface area contributed by atoms with Gasteiger partial charge < -0.3 is 19.6 Å². The molecule has 1 saturated heterocycles. The first-order chi connectivity index (χ1) is 18.2. The van der Waals surface area contributed by atoms with Crippen LogP contribution in [0.25, 0.3) is 5.76 Å². The highest BCUT2D eigenvalue weighted by Gasteiger charge is 2.46. The molecule has 1 atom stereocenters. The van der Waals surface area contributed by atoms with Crippen LogP contribution in [0.1, 0.15) is 28.3 Å². The lowest BCUT2D eigenvalue weighted by molar-refractivity contribution is -0.384. The Morgan fingerprint density at radius 1 is 1.05 bits per heavy atom. The molecule has 0 aromatic heterocycles. The summed E-state index contributed by atoms with van der Waals surface area (Å²) in [7, 11) is 3.70. The van der Waals surface area contributed by atoms with E-state index in [-0.39, 0.29) is 23.6 Å². The number of Topliss-reactive ketones (excluding diaryl/α,β-unsaturated/α-hetero) is 1. The second-order valence-electron chi connectivity index (χ2n) is 9.40. The molecule has 1 aliphatic rings. The van der Waals surface area contributed by atoms with Crippen molar-refractivity contribution in [3.63, 3.8) is 0 Å². The first kappa shape index (κ1) is 26.6. The second-order valence-corrected chi connectivity index (χ2v) is 9.40. The number of likely N-dealkylation sites (N-methyl/N-ethyl adjacent to an activating group) is 1. The van der Waals surface area contributed by atoms with Crippen molar-refractivity contribution in [2.75, 3.05) is 27.2 Å². The number of benzene rings is 3. The van der Waals surface area contributed by atoms with Gasteiger partial charge in [0.1, 0.15) is 18.1 Å². The van der Waals surface area contributed by atoms with E-state index in [9.17, 15) is 24.8 Å². The van der Waals surface area contributed by atoms with Gasteiger partial charge >= 0.3 is 0 Å². The number of likely N-dealkylation sites (tertiary alicyclic amines) is 1. The van der Waals surface area contributed by atoms with Crippen molar-refractivity contribution in [2.24, 2.45) is 0 Å². The SMILES string of the molecule is Cc1cc(OCc2ccccc2)ccc1C(O)=C1C(=O)C(=O)N(CCN(C)C)[C@H]1c1ccc([N+](=O)[O-])cc1. The van der Waals surface area contributed by atoms with Crippen molar-refractivity contribution in [1.29, 1.82) is 0 Å². The smallest absolute Gasteiger partial charge is 0.295 e. The molecule has 9 heteroatoms. The van der Waals surface area contributed by atoms with Crippen LogP contribution in [-0.4, -0.2) is 58.7 Å². The Hall–Kier alpha value is -4.50. The van der Waals surface area contributed by atoms with Crippen molar-refractivity contribution in [3.8, 4) is 5.75 Å². The van der Waals surface area contributed by atoms with Gasteiger partial charge in [-0.05, 0) is 68.0 Å². The Bertz CT molecular complexity index is 1380. The van der Waals surface area contributed by atoms with Crippen LogP contribution in [-0.2, 0) is 16.2 Å². The fourth-order valence-electron chi connectivity index (χ4n) is 4.42. The van der Waals surface area contributed by atoms with Crippen molar-refractivity contribution < 1.29 is 24.4 Å². The quantitative estimate of drug-likeness (QED) is 0.147. The lowest BCUT2D eigenvalue weighted by atomic mass is 9.93. The highest BCUT2D eigenvalue weighted by atomic mass is 16.6. The Morgan fingerprint density at radius 3 is 2.34 bits per heavy atom. The molecule has 0 spiro atoms. The molecule has 4 rings (SSSR count). The van der Waals surface area contributed by atoms with Gasteiger partial charge in [-0.25, -0.2) is 0 Å². The minimum Gasteiger partial charge on any atom is -0.507 e. The van der Waals surface area contributed by atoms with E-state index in [1.165, 1.54) is 29.2 Å². The third-order valence-corrected chi connectivity index (χ3v) is 6.45. The van der Waals surface area contributed by atoms with Gasteiger partial charge in [0, 0.05) is 30.8 Å². The van der Waals surface area contributed by atoms with Crippen LogP contribution in [0.2, 0.25) is 0 Å². The van der Waals surface area contributed by atoms with Gasteiger partial charge in [0.05, 0.1) is 16.5 Å². The summed E-state index contributed by atoms with van der Waals surface area (Å²) in [6.07, 6.45) is 0. The molecule has 0 radical (unpaired) electrons. The lowest BCUT2D eigenvalue weighted by Gasteiger charge is -2.26. The van der Waals surface area contributed by atoms with Crippen LogP contribution in [0.4, 0.5) is 5.69 Å². The number of hydrogen-bond donors (Lipinski definition) is 1. The number of nitrogens with zero attached hydrogens (tertiary/aromatic N) is 3. The first-order valence-corrected chi connectivity index (χ1v) is 12.1. The van der Waals surface area contributed by atoms with Crippen molar-refractivity contribution in [2.45, 2.75) is 19.6 Å². The fraction of sp³-hybridized carbons (Fsp3) is 0.241. The highest BCUT2D eigenvalue weighted by molar-refractivity contribution is 6.46. The van der Waals surface area contributed by atoms with E-state index in [1.807, 2.05) is 49.3 Å². The molecule has 0 saturated carbocycles.